The molecule has 98 valence electrons. The molecule has 0 aromatic heterocycles. The number of benzene rings is 2. The third kappa shape index (κ3) is 3.93. The smallest absolute Gasteiger partial charge is 0.224 e. The summed E-state index contributed by atoms with van der Waals surface area (Å²) in [6, 6.07) is 17.8. The number of rotatable bonds is 5. The van der Waals surface area contributed by atoms with Crippen molar-refractivity contribution in [1.82, 2.24) is 0 Å². The Morgan fingerprint density at radius 3 is 2.21 bits per heavy atom. The minimum atomic E-state index is -0.0680. The van der Waals surface area contributed by atoms with Gasteiger partial charge in [-0.1, -0.05) is 42.5 Å². The first-order chi connectivity index (χ1) is 9.29. The first-order valence-electron chi connectivity index (χ1n) is 6.36. The van der Waals surface area contributed by atoms with Gasteiger partial charge in [0.2, 0.25) is 5.91 Å². The monoisotopic (exact) mass is 255 g/mol. The quantitative estimate of drug-likeness (QED) is 0.862. The lowest BCUT2D eigenvalue weighted by Crippen LogP contribution is -2.11. The summed E-state index contributed by atoms with van der Waals surface area (Å²) in [5.41, 5.74) is 3.05. The van der Waals surface area contributed by atoms with Crippen LogP contribution in [0.3, 0.4) is 0 Å². The van der Waals surface area contributed by atoms with E-state index in [0.29, 0.717) is 12.8 Å². The fourth-order valence-corrected chi connectivity index (χ4v) is 1.84. The van der Waals surface area contributed by atoms with Crippen LogP contribution < -0.4 is 5.32 Å². The van der Waals surface area contributed by atoms with E-state index >= 15 is 0 Å². The van der Waals surface area contributed by atoms with Crippen molar-refractivity contribution >= 4 is 11.6 Å². The van der Waals surface area contributed by atoms with Crippen LogP contribution >= 0.6 is 0 Å². The Morgan fingerprint density at radius 2 is 1.58 bits per heavy atom. The van der Waals surface area contributed by atoms with Crippen LogP contribution in [-0.4, -0.2) is 17.6 Å². The van der Waals surface area contributed by atoms with E-state index in [4.69, 9.17) is 5.11 Å². The maximum Gasteiger partial charge on any atom is 0.224 e. The van der Waals surface area contributed by atoms with Gasteiger partial charge in [0.25, 0.3) is 0 Å². The number of hydrogen-bond acceptors (Lipinski definition) is 2. The van der Waals surface area contributed by atoms with E-state index in [1.807, 2.05) is 42.5 Å². The zero-order chi connectivity index (χ0) is 13.5. The van der Waals surface area contributed by atoms with Gasteiger partial charge in [-0.2, -0.15) is 0 Å². The molecule has 19 heavy (non-hydrogen) atoms. The summed E-state index contributed by atoms with van der Waals surface area (Å²) in [7, 11) is 0. The lowest BCUT2D eigenvalue weighted by atomic mass is 10.1. The summed E-state index contributed by atoms with van der Waals surface area (Å²) in [5, 5.41) is 11.5. The van der Waals surface area contributed by atoms with Crippen LogP contribution in [0.1, 0.15) is 12.8 Å². The molecular formula is C16H17NO2. The third-order valence-corrected chi connectivity index (χ3v) is 2.84. The van der Waals surface area contributed by atoms with Gasteiger partial charge >= 0.3 is 0 Å². The summed E-state index contributed by atoms with van der Waals surface area (Å²) < 4.78 is 0. The molecule has 0 atom stereocenters. The number of carbonyl (C=O) groups is 1. The predicted molar refractivity (Wildman–Crippen MR) is 76.8 cm³/mol. The van der Waals surface area contributed by atoms with Crippen molar-refractivity contribution in [3.05, 3.63) is 54.6 Å². The molecule has 0 aliphatic rings. The Kier molecular flexibility index (Phi) is 4.70. The van der Waals surface area contributed by atoms with Gasteiger partial charge in [-0.3, -0.25) is 4.79 Å². The van der Waals surface area contributed by atoms with Gasteiger partial charge in [0.15, 0.2) is 0 Å². The van der Waals surface area contributed by atoms with Gasteiger partial charge in [-0.05, 0) is 29.7 Å². The highest BCUT2D eigenvalue weighted by atomic mass is 16.3. The van der Waals surface area contributed by atoms with E-state index < -0.39 is 0 Å². The lowest BCUT2D eigenvalue weighted by Gasteiger charge is -2.06. The first kappa shape index (κ1) is 13.3. The van der Waals surface area contributed by atoms with Gasteiger partial charge in [-0.15, -0.1) is 0 Å². The molecule has 0 radical (unpaired) electrons. The SMILES string of the molecule is O=C(CCCO)Nc1ccc(-c2ccccc2)cc1. The second-order valence-corrected chi connectivity index (χ2v) is 4.32. The summed E-state index contributed by atoms with van der Waals surface area (Å²) in [4.78, 5) is 11.5. The average Bonchev–Trinajstić information content (AvgIpc) is 2.47. The molecule has 2 aromatic carbocycles. The normalized spacial score (nSPS) is 10.2. The number of carbonyl (C=O) groups excluding carboxylic acids is 1. The van der Waals surface area contributed by atoms with Crippen molar-refractivity contribution in [2.45, 2.75) is 12.8 Å². The van der Waals surface area contributed by atoms with E-state index in [-0.39, 0.29) is 12.5 Å². The highest BCUT2D eigenvalue weighted by Crippen LogP contribution is 2.21. The molecule has 3 heteroatoms. The number of hydrogen-bond donors (Lipinski definition) is 2. The van der Waals surface area contributed by atoms with Crippen LogP contribution in [0, 0.1) is 0 Å². The molecule has 0 fully saturated rings. The molecule has 0 bridgehead atoms. The molecule has 1 amide bonds. The minimum Gasteiger partial charge on any atom is -0.396 e. The van der Waals surface area contributed by atoms with Crippen LogP contribution in [-0.2, 0) is 4.79 Å². The van der Waals surface area contributed by atoms with Gasteiger partial charge in [-0.25, -0.2) is 0 Å². The fourth-order valence-electron chi connectivity index (χ4n) is 1.84. The second kappa shape index (κ2) is 6.71. The van der Waals surface area contributed by atoms with E-state index in [9.17, 15) is 4.79 Å². The zero-order valence-corrected chi connectivity index (χ0v) is 10.7. The van der Waals surface area contributed by atoms with Gasteiger partial charge in [0.05, 0.1) is 0 Å². The maximum atomic E-state index is 11.5. The van der Waals surface area contributed by atoms with Gasteiger partial charge < -0.3 is 10.4 Å². The van der Waals surface area contributed by atoms with Gasteiger partial charge in [0, 0.05) is 18.7 Å². The van der Waals surface area contributed by atoms with Crippen molar-refractivity contribution in [3.8, 4) is 11.1 Å². The highest BCUT2D eigenvalue weighted by molar-refractivity contribution is 5.90. The Hall–Kier alpha value is -2.13. The number of aliphatic hydroxyl groups excluding tert-OH is 1. The van der Waals surface area contributed by atoms with Crippen molar-refractivity contribution in [2.75, 3.05) is 11.9 Å². The summed E-state index contributed by atoms with van der Waals surface area (Å²) in [6.07, 6.45) is 0.838. The standard InChI is InChI=1S/C16H17NO2/c18-12-4-7-16(19)17-15-10-8-14(9-11-15)13-5-2-1-3-6-13/h1-3,5-6,8-11,18H,4,7,12H2,(H,17,19). The largest absolute Gasteiger partial charge is 0.396 e. The molecule has 0 spiro atoms. The lowest BCUT2D eigenvalue weighted by molar-refractivity contribution is -0.116. The molecule has 3 nitrogen and oxygen atoms in total. The number of amides is 1. The summed E-state index contributed by atoms with van der Waals surface area (Å²) in [6.45, 7) is 0.0420. The zero-order valence-electron chi connectivity index (χ0n) is 10.7. The molecular weight excluding hydrogens is 238 g/mol. The minimum absolute atomic E-state index is 0.0420. The Morgan fingerprint density at radius 1 is 0.947 bits per heavy atom. The molecule has 2 aromatic rings. The highest BCUT2D eigenvalue weighted by Gasteiger charge is 2.02. The van der Waals surface area contributed by atoms with Crippen LogP contribution in [0.15, 0.2) is 54.6 Å². The molecule has 0 unspecified atom stereocenters. The Balaban J connectivity index is 2.01. The van der Waals surface area contributed by atoms with Crippen molar-refractivity contribution < 1.29 is 9.90 Å². The number of nitrogens with one attached hydrogen (secondary N) is 1. The van der Waals surface area contributed by atoms with Crippen molar-refractivity contribution in [2.24, 2.45) is 0 Å². The van der Waals surface area contributed by atoms with E-state index in [1.165, 1.54) is 0 Å². The fraction of sp³-hybridized carbons (Fsp3) is 0.188. The van der Waals surface area contributed by atoms with E-state index in [0.717, 1.165) is 16.8 Å². The number of aliphatic hydroxyl groups is 1. The Bertz CT molecular complexity index is 520. The summed E-state index contributed by atoms with van der Waals surface area (Å²) >= 11 is 0. The van der Waals surface area contributed by atoms with Crippen LogP contribution in [0.5, 0.6) is 0 Å². The molecule has 0 saturated heterocycles. The van der Waals surface area contributed by atoms with Crippen molar-refractivity contribution in [3.63, 3.8) is 0 Å². The van der Waals surface area contributed by atoms with E-state index in [2.05, 4.69) is 17.4 Å². The second-order valence-electron chi connectivity index (χ2n) is 4.32. The van der Waals surface area contributed by atoms with Crippen LogP contribution in [0.4, 0.5) is 5.69 Å². The molecule has 0 saturated carbocycles. The van der Waals surface area contributed by atoms with Crippen LogP contribution in [0.25, 0.3) is 11.1 Å². The van der Waals surface area contributed by atoms with Crippen molar-refractivity contribution in [1.29, 1.82) is 0 Å². The molecule has 2 rings (SSSR count). The third-order valence-electron chi connectivity index (χ3n) is 2.84. The molecule has 2 N–H and O–H groups in total. The maximum absolute atomic E-state index is 11.5. The molecule has 0 aliphatic heterocycles. The molecule has 0 aliphatic carbocycles. The number of anilines is 1. The predicted octanol–water partition coefficient (Wildman–Crippen LogP) is 3.06. The first-order valence-corrected chi connectivity index (χ1v) is 6.36. The molecule has 0 heterocycles. The van der Waals surface area contributed by atoms with Crippen LogP contribution in [0.2, 0.25) is 0 Å². The topological polar surface area (TPSA) is 49.3 Å². The van der Waals surface area contributed by atoms with Gasteiger partial charge in [0.1, 0.15) is 0 Å². The average molecular weight is 255 g/mol. The van der Waals surface area contributed by atoms with E-state index in [1.54, 1.807) is 0 Å². The Labute approximate surface area is 112 Å². The summed E-state index contributed by atoms with van der Waals surface area (Å²) in [5.74, 6) is -0.0680.